The lowest BCUT2D eigenvalue weighted by Gasteiger charge is -2.23. The second kappa shape index (κ2) is 8.43. The van der Waals surface area contributed by atoms with Crippen LogP contribution in [0.5, 0.6) is 5.75 Å². The van der Waals surface area contributed by atoms with Crippen molar-refractivity contribution in [1.29, 1.82) is 0 Å². The van der Waals surface area contributed by atoms with E-state index in [-0.39, 0.29) is 0 Å². The van der Waals surface area contributed by atoms with Gasteiger partial charge in [0.25, 0.3) is 0 Å². The Labute approximate surface area is 130 Å². The molecule has 2 nitrogen and oxygen atoms in total. The van der Waals surface area contributed by atoms with E-state index in [1.165, 1.54) is 56.1 Å². The Morgan fingerprint density at radius 1 is 1.19 bits per heavy atom. The number of benzene rings is 1. The molecule has 1 saturated carbocycles. The quantitative estimate of drug-likeness (QED) is 0.779. The molecule has 0 radical (unpaired) electrons. The van der Waals surface area contributed by atoms with Crippen molar-refractivity contribution in [1.82, 2.24) is 5.32 Å². The smallest absolute Gasteiger partial charge is 0.122 e. The first-order valence-electron chi connectivity index (χ1n) is 8.53. The fraction of sp³-hybridized carbons (Fsp3) is 0.684. The molecule has 1 aromatic rings. The molecule has 0 heterocycles. The number of aryl methyl sites for hydroxylation is 1. The van der Waals surface area contributed by atoms with E-state index < -0.39 is 0 Å². The topological polar surface area (TPSA) is 21.3 Å². The molecule has 0 bridgehead atoms. The van der Waals surface area contributed by atoms with Gasteiger partial charge >= 0.3 is 0 Å². The molecule has 0 aromatic heterocycles. The van der Waals surface area contributed by atoms with Crippen LogP contribution in [-0.4, -0.2) is 20.2 Å². The zero-order valence-electron chi connectivity index (χ0n) is 14.0. The number of hydrogen-bond donors (Lipinski definition) is 1. The maximum absolute atomic E-state index is 5.53. The first kappa shape index (κ1) is 16.4. The average Bonchev–Trinajstić information content (AvgIpc) is 2.75. The van der Waals surface area contributed by atoms with E-state index in [2.05, 4.69) is 37.5 Å². The highest BCUT2D eigenvalue weighted by molar-refractivity contribution is 5.37. The molecular formula is C19H31NO. The SMILES string of the molecule is CNC(Cc1cc(C)ccc1OC)CC1CCCCCC1. The van der Waals surface area contributed by atoms with Gasteiger partial charge in [0, 0.05) is 6.04 Å². The van der Waals surface area contributed by atoms with Crippen molar-refractivity contribution < 1.29 is 4.74 Å². The van der Waals surface area contributed by atoms with Crippen LogP contribution >= 0.6 is 0 Å². The molecule has 0 saturated heterocycles. The predicted molar refractivity (Wildman–Crippen MR) is 90.1 cm³/mol. The lowest BCUT2D eigenvalue weighted by Crippen LogP contribution is -2.30. The molecule has 2 heteroatoms. The predicted octanol–water partition coefficient (Wildman–Crippen LogP) is 4.49. The van der Waals surface area contributed by atoms with Crippen LogP contribution < -0.4 is 10.1 Å². The number of ether oxygens (including phenoxy) is 1. The Bertz CT molecular complexity index is 422. The highest BCUT2D eigenvalue weighted by Crippen LogP contribution is 2.28. The summed E-state index contributed by atoms with van der Waals surface area (Å²) in [6.45, 7) is 2.16. The summed E-state index contributed by atoms with van der Waals surface area (Å²) in [6, 6.07) is 7.06. The fourth-order valence-corrected chi connectivity index (χ4v) is 3.64. The third kappa shape index (κ3) is 5.03. The van der Waals surface area contributed by atoms with Gasteiger partial charge in [-0.05, 0) is 44.4 Å². The van der Waals surface area contributed by atoms with E-state index in [1.807, 2.05) is 0 Å². The lowest BCUT2D eigenvalue weighted by molar-refractivity contribution is 0.355. The van der Waals surface area contributed by atoms with Crippen LogP contribution in [0, 0.1) is 12.8 Å². The van der Waals surface area contributed by atoms with Crippen molar-refractivity contribution in [3.63, 3.8) is 0 Å². The Hall–Kier alpha value is -1.02. The van der Waals surface area contributed by atoms with Gasteiger partial charge in [0.2, 0.25) is 0 Å². The van der Waals surface area contributed by atoms with Gasteiger partial charge in [0.1, 0.15) is 5.75 Å². The van der Waals surface area contributed by atoms with E-state index in [9.17, 15) is 0 Å². The zero-order valence-corrected chi connectivity index (χ0v) is 14.0. The Balaban J connectivity index is 1.99. The maximum atomic E-state index is 5.53. The van der Waals surface area contributed by atoms with Gasteiger partial charge in [-0.1, -0.05) is 56.2 Å². The minimum absolute atomic E-state index is 0.559. The van der Waals surface area contributed by atoms with Crippen LogP contribution in [0.1, 0.15) is 56.1 Å². The van der Waals surface area contributed by atoms with Gasteiger partial charge in [0.15, 0.2) is 0 Å². The Morgan fingerprint density at radius 3 is 2.52 bits per heavy atom. The van der Waals surface area contributed by atoms with Crippen molar-refractivity contribution in [3.8, 4) is 5.75 Å². The summed E-state index contributed by atoms with van der Waals surface area (Å²) < 4.78 is 5.53. The summed E-state index contributed by atoms with van der Waals surface area (Å²) in [5.74, 6) is 1.93. The summed E-state index contributed by atoms with van der Waals surface area (Å²) >= 11 is 0. The molecule has 21 heavy (non-hydrogen) atoms. The number of likely N-dealkylation sites (N-methyl/N-ethyl adjacent to an activating group) is 1. The molecule has 1 fully saturated rings. The van der Waals surface area contributed by atoms with E-state index in [0.717, 1.165) is 18.1 Å². The van der Waals surface area contributed by atoms with E-state index in [4.69, 9.17) is 4.74 Å². The number of methoxy groups -OCH3 is 1. The number of nitrogens with one attached hydrogen (secondary N) is 1. The van der Waals surface area contributed by atoms with Crippen LogP contribution in [0.3, 0.4) is 0 Å². The molecule has 0 spiro atoms. The first-order valence-corrected chi connectivity index (χ1v) is 8.53. The first-order chi connectivity index (χ1) is 10.2. The number of hydrogen-bond acceptors (Lipinski definition) is 2. The molecule has 1 unspecified atom stereocenters. The Morgan fingerprint density at radius 2 is 1.90 bits per heavy atom. The van der Waals surface area contributed by atoms with Gasteiger partial charge in [-0.15, -0.1) is 0 Å². The van der Waals surface area contributed by atoms with E-state index in [1.54, 1.807) is 7.11 Å². The summed E-state index contributed by atoms with van der Waals surface area (Å²) in [5.41, 5.74) is 2.65. The highest BCUT2D eigenvalue weighted by atomic mass is 16.5. The minimum atomic E-state index is 0.559. The molecule has 1 aliphatic carbocycles. The molecule has 1 atom stereocenters. The average molecular weight is 289 g/mol. The van der Waals surface area contributed by atoms with Crippen molar-refractivity contribution in [2.75, 3.05) is 14.2 Å². The third-order valence-electron chi connectivity index (χ3n) is 4.90. The molecule has 1 N–H and O–H groups in total. The van der Waals surface area contributed by atoms with Gasteiger partial charge < -0.3 is 10.1 Å². The van der Waals surface area contributed by atoms with Gasteiger partial charge in [-0.3, -0.25) is 0 Å². The van der Waals surface area contributed by atoms with Gasteiger partial charge in [-0.25, -0.2) is 0 Å². The molecular weight excluding hydrogens is 258 g/mol. The van der Waals surface area contributed by atoms with Crippen molar-refractivity contribution in [2.24, 2.45) is 5.92 Å². The van der Waals surface area contributed by atoms with Gasteiger partial charge in [-0.2, -0.15) is 0 Å². The van der Waals surface area contributed by atoms with Crippen LogP contribution in [0.2, 0.25) is 0 Å². The summed E-state index contributed by atoms with van der Waals surface area (Å²) in [7, 11) is 3.87. The normalized spacial score (nSPS) is 18.2. The van der Waals surface area contributed by atoms with Crippen LogP contribution in [0.4, 0.5) is 0 Å². The lowest BCUT2D eigenvalue weighted by atomic mass is 9.89. The van der Waals surface area contributed by atoms with Crippen molar-refractivity contribution >= 4 is 0 Å². The molecule has 0 amide bonds. The monoisotopic (exact) mass is 289 g/mol. The largest absolute Gasteiger partial charge is 0.496 e. The second-order valence-corrected chi connectivity index (χ2v) is 6.60. The molecule has 1 aliphatic rings. The Kier molecular flexibility index (Phi) is 6.56. The minimum Gasteiger partial charge on any atom is -0.496 e. The van der Waals surface area contributed by atoms with E-state index >= 15 is 0 Å². The maximum Gasteiger partial charge on any atom is 0.122 e. The van der Waals surface area contributed by atoms with Gasteiger partial charge in [0.05, 0.1) is 7.11 Å². The summed E-state index contributed by atoms with van der Waals surface area (Å²) in [6.07, 6.45) is 10.9. The van der Waals surface area contributed by atoms with Crippen LogP contribution in [0.15, 0.2) is 18.2 Å². The third-order valence-corrected chi connectivity index (χ3v) is 4.90. The van der Waals surface area contributed by atoms with Crippen molar-refractivity contribution in [3.05, 3.63) is 29.3 Å². The fourth-order valence-electron chi connectivity index (χ4n) is 3.64. The molecule has 2 rings (SSSR count). The zero-order chi connectivity index (χ0) is 15.1. The molecule has 0 aliphatic heterocycles. The van der Waals surface area contributed by atoms with Crippen LogP contribution in [0.25, 0.3) is 0 Å². The molecule has 1 aromatic carbocycles. The summed E-state index contributed by atoms with van der Waals surface area (Å²) in [5, 5.41) is 3.53. The number of rotatable bonds is 6. The summed E-state index contributed by atoms with van der Waals surface area (Å²) in [4.78, 5) is 0. The van der Waals surface area contributed by atoms with Crippen LogP contribution in [-0.2, 0) is 6.42 Å². The molecule has 118 valence electrons. The highest BCUT2D eigenvalue weighted by Gasteiger charge is 2.18. The standard InChI is InChI=1S/C19H31NO/c1-15-10-11-19(21-3)17(12-15)14-18(20-2)13-16-8-6-4-5-7-9-16/h10-12,16,18,20H,4-9,13-14H2,1-3H3. The second-order valence-electron chi connectivity index (χ2n) is 6.60. The van der Waals surface area contributed by atoms with Crippen molar-refractivity contribution in [2.45, 2.75) is 64.3 Å². The van der Waals surface area contributed by atoms with E-state index in [0.29, 0.717) is 6.04 Å².